The third-order valence-electron chi connectivity index (χ3n) is 3.49. The third kappa shape index (κ3) is 3.25. The Morgan fingerprint density at radius 3 is 2.45 bits per heavy atom. The highest BCUT2D eigenvalue weighted by atomic mass is 16.3. The number of nitrogens with zero attached hydrogens (tertiary/aromatic N) is 1. The molecule has 5 nitrogen and oxygen atoms in total. The second-order valence-electron chi connectivity index (χ2n) is 5.10. The van der Waals surface area contributed by atoms with Gasteiger partial charge < -0.3 is 5.11 Å². The second-order valence-corrected chi connectivity index (χ2v) is 5.10. The number of hydrogen-bond acceptors (Lipinski definition) is 3. The molecule has 22 heavy (non-hydrogen) atoms. The fraction of sp³-hybridized carbons (Fsp3) is 0.176. The first-order chi connectivity index (χ1) is 10.4. The molecule has 0 radical (unpaired) electrons. The minimum Gasteiger partial charge on any atom is -0.503 e. The summed E-state index contributed by atoms with van der Waals surface area (Å²) in [4.78, 5) is 23.3. The van der Waals surface area contributed by atoms with Crippen molar-refractivity contribution < 1.29 is 9.90 Å². The molecule has 0 aliphatic carbocycles. The summed E-state index contributed by atoms with van der Waals surface area (Å²) in [6.07, 6.45) is 4.57. The number of aromatic nitrogens is 1. The lowest BCUT2D eigenvalue weighted by molar-refractivity contribution is -0.112. The molecule has 0 saturated carbocycles. The van der Waals surface area contributed by atoms with Crippen LogP contribution in [-0.2, 0) is 4.79 Å². The predicted molar refractivity (Wildman–Crippen MR) is 86.4 cm³/mol. The molecule has 2 N–H and O–H groups in total. The van der Waals surface area contributed by atoms with Crippen molar-refractivity contribution in [3.63, 3.8) is 0 Å². The van der Waals surface area contributed by atoms with Gasteiger partial charge in [0, 0.05) is 18.3 Å². The number of carbonyl (C=O) groups excluding carboxylic acids is 1. The van der Waals surface area contributed by atoms with Crippen LogP contribution in [0.3, 0.4) is 0 Å². The molecule has 2 rings (SSSR count). The minimum absolute atomic E-state index is 0.279. The number of aryl methyl sites for hydroxylation is 2. The topological polar surface area (TPSA) is 71.3 Å². The fourth-order valence-electron chi connectivity index (χ4n) is 2.15. The molecule has 5 heteroatoms. The van der Waals surface area contributed by atoms with E-state index in [-0.39, 0.29) is 17.4 Å². The van der Waals surface area contributed by atoms with Gasteiger partial charge in [-0.2, -0.15) is 0 Å². The van der Waals surface area contributed by atoms with E-state index in [1.54, 1.807) is 13.0 Å². The molecular formula is C17H18N2O3. The molecule has 0 aliphatic heterocycles. The van der Waals surface area contributed by atoms with Crippen LogP contribution in [0.2, 0.25) is 0 Å². The van der Waals surface area contributed by atoms with Crippen LogP contribution < -0.4 is 10.9 Å². The van der Waals surface area contributed by atoms with Crippen LogP contribution in [0.25, 0.3) is 6.08 Å². The summed E-state index contributed by atoms with van der Waals surface area (Å²) in [7, 11) is 0. The molecule has 0 atom stereocenters. The largest absolute Gasteiger partial charge is 0.503 e. The number of aromatic hydroxyl groups is 1. The van der Waals surface area contributed by atoms with Crippen LogP contribution in [0.15, 0.2) is 41.3 Å². The number of hydrogen-bond donors (Lipinski definition) is 2. The zero-order valence-corrected chi connectivity index (χ0v) is 12.8. The van der Waals surface area contributed by atoms with Gasteiger partial charge >= 0.3 is 0 Å². The summed E-state index contributed by atoms with van der Waals surface area (Å²) in [6, 6.07) is 7.12. The van der Waals surface area contributed by atoms with Gasteiger partial charge in [0.2, 0.25) is 5.43 Å². The SMILES string of the molecule is Cc1cccc(C)c1/C=C/C(=O)Nn1ccc(=O)c(O)c1C. The predicted octanol–water partition coefficient (Wildman–Crippen LogP) is 2.26. The molecule has 1 aromatic heterocycles. The molecule has 0 fully saturated rings. The summed E-state index contributed by atoms with van der Waals surface area (Å²) in [5.74, 6) is -0.727. The van der Waals surface area contributed by atoms with Crippen molar-refractivity contribution in [1.82, 2.24) is 4.68 Å². The quantitative estimate of drug-likeness (QED) is 0.854. The summed E-state index contributed by atoms with van der Waals surface area (Å²) in [6.45, 7) is 5.51. The van der Waals surface area contributed by atoms with E-state index in [2.05, 4.69) is 5.43 Å². The van der Waals surface area contributed by atoms with Crippen molar-refractivity contribution in [3.8, 4) is 5.75 Å². The van der Waals surface area contributed by atoms with Crippen molar-refractivity contribution >= 4 is 12.0 Å². The molecule has 1 aromatic carbocycles. The number of pyridine rings is 1. The van der Waals surface area contributed by atoms with Crippen LogP contribution >= 0.6 is 0 Å². The van der Waals surface area contributed by atoms with Gasteiger partial charge in [-0.15, -0.1) is 0 Å². The zero-order chi connectivity index (χ0) is 16.3. The number of nitrogens with one attached hydrogen (secondary N) is 1. The Hall–Kier alpha value is -2.82. The smallest absolute Gasteiger partial charge is 0.262 e. The van der Waals surface area contributed by atoms with E-state index < -0.39 is 5.43 Å². The van der Waals surface area contributed by atoms with E-state index in [0.717, 1.165) is 16.7 Å². The summed E-state index contributed by atoms with van der Waals surface area (Å²) in [5.41, 5.74) is 5.55. The summed E-state index contributed by atoms with van der Waals surface area (Å²) < 4.78 is 1.31. The van der Waals surface area contributed by atoms with Gasteiger partial charge in [0.15, 0.2) is 5.75 Å². The van der Waals surface area contributed by atoms with Gasteiger partial charge in [-0.25, -0.2) is 0 Å². The van der Waals surface area contributed by atoms with E-state index in [4.69, 9.17) is 0 Å². The van der Waals surface area contributed by atoms with Crippen molar-refractivity contribution in [2.75, 3.05) is 5.43 Å². The van der Waals surface area contributed by atoms with Crippen molar-refractivity contribution in [2.45, 2.75) is 20.8 Å². The first-order valence-corrected chi connectivity index (χ1v) is 6.86. The van der Waals surface area contributed by atoms with Crippen LogP contribution in [0.5, 0.6) is 5.75 Å². The molecule has 2 aromatic rings. The molecule has 1 heterocycles. The van der Waals surface area contributed by atoms with E-state index in [1.165, 1.54) is 23.0 Å². The second kappa shape index (κ2) is 6.30. The van der Waals surface area contributed by atoms with Crippen LogP contribution in [0, 0.1) is 20.8 Å². The highest BCUT2D eigenvalue weighted by Crippen LogP contribution is 2.14. The Bertz CT molecular complexity index is 784. The fourth-order valence-corrected chi connectivity index (χ4v) is 2.15. The maximum Gasteiger partial charge on any atom is 0.262 e. The highest BCUT2D eigenvalue weighted by Gasteiger charge is 2.06. The van der Waals surface area contributed by atoms with Gasteiger partial charge in [0.25, 0.3) is 5.91 Å². The molecule has 0 aliphatic rings. The number of rotatable bonds is 3. The summed E-state index contributed by atoms with van der Waals surface area (Å²) in [5, 5.41) is 9.58. The van der Waals surface area contributed by atoms with Crippen molar-refractivity contribution in [2.24, 2.45) is 0 Å². The molecule has 1 amide bonds. The maximum absolute atomic E-state index is 12.0. The molecule has 0 unspecified atom stereocenters. The van der Waals surface area contributed by atoms with Crippen molar-refractivity contribution in [3.05, 3.63) is 69.1 Å². The number of amides is 1. The van der Waals surface area contributed by atoms with Crippen LogP contribution in [0.4, 0.5) is 0 Å². The maximum atomic E-state index is 12.0. The van der Waals surface area contributed by atoms with E-state index >= 15 is 0 Å². The Kier molecular flexibility index (Phi) is 4.46. The van der Waals surface area contributed by atoms with E-state index in [0.29, 0.717) is 0 Å². The molecule has 0 spiro atoms. The lowest BCUT2D eigenvalue weighted by atomic mass is 10.0. The molecular weight excluding hydrogens is 280 g/mol. The normalized spacial score (nSPS) is 10.9. The lowest BCUT2D eigenvalue weighted by Gasteiger charge is -2.11. The van der Waals surface area contributed by atoms with Gasteiger partial charge in [-0.3, -0.25) is 19.7 Å². The monoisotopic (exact) mass is 298 g/mol. The van der Waals surface area contributed by atoms with Gasteiger partial charge in [-0.1, -0.05) is 18.2 Å². The minimum atomic E-state index is -0.478. The average Bonchev–Trinajstić information content (AvgIpc) is 2.47. The highest BCUT2D eigenvalue weighted by molar-refractivity contribution is 5.97. The van der Waals surface area contributed by atoms with Gasteiger partial charge in [-0.05, 0) is 43.5 Å². The summed E-state index contributed by atoms with van der Waals surface area (Å²) >= 11 is 0. The Labute approximate surface area is 128 Å². The molecule has 114 valence electrons. The van der Waals surface area contributed by atoms with E-state index in [1.807, 2.05) is 32.0 Å². The van der Waals surface area contributed by atoms with Crippen molar-refractivity contribution in [1.29, 1.82) is 0 Å². The first-order valence-electron chi connectivity index (χ1n) is 6.86. The van der Waals surface area contributed by atoms with Crippen LogP contribution in [0.1, 0.15) is 22.4 Å². The van der Waals surface area contributed by atoms with E-state index in [9.17, 15) is 14.7 Å². The van der Waals surface area contributed by atoms with Gasteiger partial charge in [0.1, 0.15) is 0 Å². The Morgan fingerprint density at radius 2 is 1.82 bits per heavy atom. The standard InChI is InChI=1S/C17H18N2O3/c1-11-5-4-6-12(2)14(11)7-8-16(21)18-19-10-9-15(20)17(22)13(19)3/h4-10,22H,1-3H3,(H,18,21)/b8-7+. The number of carbonyl (C=O) groups is 1. The lowest BCUT2D eigenvalue weighted by Crippen LogP contribution is -2.24. The Balaban J connectivity index is 2.19. The zero-order valence-electron chi connectivity index (χ0n) is 12.8. The first kappa shape index (κ1) is 15.6. The Morgan fingerprint density at radius 1 is 1.18 bits per heavy atom. The van der Waals surface area contributed by atoms with Gasteiger partial charge in [0.05, 0.1) is 5.69 Å². The number of benzene rings is 1. The third-order valence-corrected chi connectivity index (χ3v) is 3.49. The molecule has 0 bridgehead atoms. The average molecular weight is 298 g/mol. The van der Waals surface area contributed by atoms with Crippen LogP contribution in [-0.4, -0.2) is 15.7 Å². The molecule has 0 saturated heterocycles.